The second-order valence-electron chi connectivity index (χ2n) is 6.67. The minimum Gasteiger partial charge on any atom is -0.310 e. The van der Waals surface area contributed by atoms with Gasteiger partial charge in [-0.15, -0.1) is 0 Å². The molecule has 0 saturated heterocycles. The van der Waals surface area contributed by atoms with Crippen LogP contribution in [0.5, 0.6) is 0 Å². The number of pyridine rings is 1. The summed E-state index contributed by atoms with van der Waals surface area (Å²) in [5.41, 5.74) is 1.05. The van der Waals surface area contributed by atoms with Crippen LogP contribution < -0.4 is 5.32 Å². The topological polar surface area (TPSA) is 24.9 Å². The first-order valence-corrected chi connectivity index (χ1v) is 7.89. The van der Waals surface area contributed by atoms with Crippen molar-refractivity contribution in [3.05, 3.63) is 29.8 Å². The highest BCUT2D eigenvalue weighted by Gasteiger charge is 2.38. The normalized spacial score (nSPS) is 23.5. The van der Waals surface area contributed by atoms with Gasteiger partial charge in [-0.05, 0) is 43.2 Å². The lowest BCUT2D eigenvalue weighted by Crippen LogP contribution is -2.39. The zero-order chi connectivity index (χ0) is 14.6. The highest BCUT2D eigenvalue weighted by molar-refractivity contribution is 5.19. The van der Waals surface area contributed by atoms with Crippen LogP contribution in [0, 0.1) is 17.2 Å². The van der Waals surface area contributed by atoms with Crippen LogP contribution in [0.1, 0.15) is 64.5 Å². The lowest BCUT2D eigenvalue weighted by molar-refractivity contribution is 0.0967. The second kappa shape index (κ2) is 6.66. The zero-order valence-electron chi connectivity index (χ0n) is 13.0. The molecule has 0 aliphatic heterocycles. The standard InChI is InChI=1S/C17H27FN2/c1-4-10-20-16(13-8-11-19-12-15(13)18)14-7-5-6-9-17(14,2)3/h8,11-12,14,16,20H,4-7,9-10H2,1-3H3. The summed E-state index contributed by atoms with van der Waals surface area (Å²) in [5, 5.41) is 3.58. The molecule has 1 aliphatic carbocycles. The van der Waals surface area contributed by atoms with Crippen LogP contribution in [-0.4, -0.2) is 11.5 Å². The first-order valence-electron chi connectivity index (χ1n) is 7.89. The number of nitrogens with zero attached hydrogens (tertiary/aromatic N) is 1. The van der Waals surface area contributed by atoms with E-state index >= 15 is 0 Å². The van der Waals surface area contributed by atoms with E-state index in [9.17, 15) is 4.39 Å². The molecule has 0 amide bonds. The minimum atomic E-state index is -0.178. The quantitative estimate of drug-likeness (QED) is 0.859. The minimum absolute atomic E-state index is 0.105. The van der Waals surface area contributed by atoms with Crippen molar-refractivity contribution in [1.29, 1.82) is 0 Å². The summed E-state index contributed by atoms with van der Waals surface area (Å²) in [6.07, 6.45) is 9.07. The van der Waals surface area contributed by atoms with Crippen LogP contribution in [0.3, 0.4) is 0 Å². The Bertz CT molecular complexity index is 431. The monoisotopic (exact) mass is 278 g/mol. The number of nitrogens with one attached hydrogen (secondary N) is 1. The summed E-state index contributed by atoms with van der Waals surface area (Å²) >= 11 is 0. The van der Waals surface area contributed by atoms with Gasteiger partial charge >= 0.3 is 0 Å². The predicted octanol–water partition coefficient (Wildman–Crippen LogP) is 4.48. The van der Waals surface area contributed by atoms with Crippen molar-refractivity contribution in [2.75, 3.05) is 6.54 Å². The van der Waals surface area contributed by atoms with Gasteiger partial charge in [-0.1, -0.05) is 33.6 Å². The maximum Gasteiger partial charge on any atom is 0.146 e. The van der Waals surface area contributed by atoms with E-state index in [1.165, 1.54) is 31.9 Å². The van der Waals surface area contributed by atoms with Gasteiger partial charge in [0, 0.05) is 17.8 Å². The van der Waals surface area contributed by atoms with Crippen molar-refractivity contribution in [3.63, 3.8) is 0 Å². The van der Waals surface area contributed by atoms with E-state index in [2.05, 4.69) is 31.1 Å². The van der Waals surface area contributed by atoms with Gasteiger partial charge in [-0.25, -0.2) is 4.39 Å². The molecule has 0 spiro atoms. The van der Waals surface area contributed by atoms with Crippen LogP contribution in [-0.2, 0) is 0 Å². The van der Waals surface area contributed by atoms with Crippen LogP contribution in [0.4, 0.5) is 4.39 Å². The summed E-state index contributed by atoms with van der Waals surface area (Å²) in [4.78, 5) is 3.89. The Labute approximate surface area is 122 Å². The van der Waals surface area contributed by atoms with E-state index in [4.69, 9.17) is 0 Å². The Balaban J connectivity index is 2.29. The molecule has 1 aromatic heterocycles. The molecule has 1 aromatic rings. The third-order valence-corrected chi connectivity index (χ3v) is 4.75. The van der Waals surface area contributed by atoms with E-state index in [0.29, 0.717) is 5.92 Å². The molecule has 2 unspecified atom stereocenters. The first kappa shape index (κ1) is 15.4. The maximum absolute atomic E-state index is 14.2. The van der Waals surface area contributed by atoms with Crippen molar-refractivity contribution in [3.8, 4) is 0 Å². The third-order valence-electron chi connectivity index (χ3n) is 4.75. The summed E-state index contributed by atoms with van der Waals surface area (Å²) in [5.74, 6) is 0.308. The predicted molar refractivity (Wildman–Crippen MR) is 81.0 cm³/mol. The molecule has 0 radical (unpaired) electrons. The largest absolute Gasteiger partial charge is 0.310 e. The van der Waals surface area contributed by atoms with Gasteiger partial charge in [0.1, 0.15) is 5.82 Å². The van der Waals surface area contributed by atoms with E-state index in [0.717, 1.165) is 18.5 Å². The molecule has 3 heteroatoms. The Kier molecular flexibility index (Phi) is 5.14. The van der Waals surface area contributed by atoms with Crippen LogP contribution >= 0.6 is 0 Å². The molecule has 1 aliphatic rings. The van der Waals surface area contributed by atoms with Gasteiger partial charge in [0.2, 0.25) is 0 Å². The molecular weight excluding hydrogens is 251 g/mol. The lowest BCUT2D eigenvalue weighted by Gasteiger charge is -2.43. The van der Waals surface area contributed by atoms with Gasteiger partial charge in [0.25, 0.3) is 0 Å². The summed E-state index contributed by atoms with van der Waals surface area (Å²) < 4.78 is 14.2. The number of aromatic nitrogens is 1. The Morgan fingerprint density at radius 3 is 2.90 bits per heavy atom. The lowest BCUT2D eigenvalue weighted by atomic mass is 9.65. The molecule has 2 atom stereocenters. The van der Waals surface area contributed by atoms with Crippen molar-refractivity contribution in [2.24, 2.45) is 11.3 Å². The average molecular weight is 278 g/mol. The fourth-order valence-electron chi connectivity index (χ4n) is 3.55. The van der Waals surface area contributed by atoms with E-state index in [1.54, 1.807) is 6.20 Å². The number of hydrogen-bond donors (Lipinski definition) is 1. The highest BCUT2D eigenvalue weighted by atomic mass is 19.1. The smallest absolute Gasteiger partial charge is 0.146 e. The molecule has 112 valence electrons. The molecule has 1 saturated carbocycles. The van der Waals surface area contributed by atoms with E-state index < -0.39 is 0 Å². The fourth-order valence-corrected chi connectivity index (χ4v) is 3.55. The zero-order valence-corrected chi connectivity index (χ0v) is 13.0. The first-order chi connectivity index (χ1) is 9.56. The molecule has 1 heterocycles. The molecule has 0 bridgehead atoms. The second-order valence-corrected chi connectivity index (χ2v) is 6.67. The van der Waals surface area contributed by atoms with Gasteiger partial charge in [0.15, 0.2) is 0 Å². The summed E-state index contributed by atoms with van der Waals surface area (Å²) in [6.45, 7) is 7.74. The van der Waals surface area contributed by atoms with E-state index in [1.807, 2.05) is 6.07 Å². The number of rotatable bonds is 5. The summed E-state index contributed by atoms with van der Waals surface area (Å²) in [7, 11) is 0. The average Bonchev–Trinajstić information content (AvgIpc) is 2.42. The SMILES string of the molecule is CCCNC(c1ccncc1F)C1CCCCC1(C)C. The van der Waals surface area contributed by atoms with Crippen LogP contribution in [0.15, 0.2) is 18.5 Å². The van der Waals surface area contributed by atoms with Crippen molar-refractivity contribution in [1.82, 2.24) is 10.3 Å². The molecular formula is C17H27FN2. The maximum atomic E-state index is 14.2. The fraction of sp³-hybridized carbons (Fsp3) is 0.706. The third kappa shape index (κ3) is 3.38. The number of hydrogen-bond acceptors (Lipinski definition) is 2. The van der Waals surface area contributed by atoms with Gasteiger partial charge < -0.3 is 5.32 Å². The Morgan fingerprint density at radius 2 is 2.25 bits per heavy atom. The Hall–Kier alpha value is -0.960. The summed E-state index contributed by atoms with van der Waals surface area (Å²) in [6, 6.07) is 1.95. The molecule has 2 nitrogen and oxygen atoms in total. The highest BCUT2D eigenvalue weighted by Crippen LogP contribution is 2.47. The van der Waals surface area contributed by atoms with Crippen molar-refractivity contribution in [2.45, 2.75) is 58.9 Å². The van der Waals surface area contributed by atoms with Gasteiger partial charge in [-0.2, -0.15) is 0 Å². The molecule has 20 heavy (non-hydrogen) atoms. The van der Waals surface area contributed by atoms with Crippen LogP contribution in [0.2, 0.25) is 0 Å². The Morgan fingerprint density at radius 1 is 1.45 bits per heavy atom. The van der Waals surface area contributed by atoms with E-state index in [-0.39, 0.29) is 17.3 Å². The van der Waals surface area contributed by atoms with Crippen LogP contribution in [0.25, 0.3) is 0 Å². The van der Waals surface area contributed by atoms with Gasteiger partial charge in [0.05, 0.1) is 6.20 Å². The van der Waals surface area contributed by atoms with Crippen molar-refractivity contribution >= 4 is 0 Å². The molecule has 0 aromatic carbocycles. The van der Waals surface area contributed by atoms with Crippen molar-refractivity contribution < 1.29 is 4.39 Å². The number of halogens is 1. The molecule has 2 rings (SSSR count). The van der Waals surface area contributed by atoms with Gasteiger partial charge in [-0.3, -0.25) is 4.98 Å². The molecule has 1 fully saturated rings. The molecule has 1 N–H and O–H groups in total.